The summed E-state index contributed by atoms with van der Waals surface area (Å²) in [6, 6.07) is 12.3. The Morgan fingerprint density at radius 2 is 1.94 bits per heavy atom. The minimum atomic E-state index is -2.96. The number of H-pyrrole nitrogens is 1. The highest BCUT2D eigenvalue weighted by Gasteiger charge is 2.19. The van der Waals surface area contributed by atoms with Gasteiger partial charge in [-0.05, 0) is 48.5 Å². The zero-order valence-electron chi connectivity index (χ0n) is 17.3. The molecule has 32 heavy (non-hydrogen) atoms. The number of nitrogens with one attached hydrogen (secondary N) is 1. The number of pyridine rings is 1. The average molecular weight is 450 g/mol. The molecule has 7 nitrogen and oxygen atoms in total. The van der Waals surface area contributed by atoms with Gasteiger partial charge in [0.15, 0.2) is 0 Å². The first kappa shape index (κ1) is 21.3. The first-order valence-electron chi connectivity index (χ1n) is 9.74. The Morgan fingerprint density at radius 3 is 2.62 bits per heavy atom. The van der Waals surface area contributed by atoms with Gasteiger partial charge in [-0.15, -0.1) is 4.36 Å². The molecule has 2 aromatic heterocycles. The van der Waals surface area contributed by atoms with Gasteiger partial charge in [0.25, 0.3) is 5.56 Å². The van der Waals surface area contributed by atoms with Gasteiger partial charge in [0.2, 0.25) is 6.19 Å². The van der Waals surface area contributed by atoms with Gasteiger partial charge in [-0.1, -0.05) is 6.92 Å². The summed E-state index contributed by atoms with van der Waals surface area (Å²) in [6.45, 7) is 1.70. The summed E-state index contributed by atoms with van der Waals surface area (Å²) in [5.41, 5.74) is 1.45. The molecule has 162 valence electrons. The number of ether oxygens (including phenoxy) is 1. The molecular weight excluding hydrogens is 431 g/mol. The fraction of sp³-hybridized carbons (Fsp3) is 0.130. The molecule has 0 radical (unpaired) electrons. The fourth-order valence-electron chi connectivity index (χ4n) is 3.47. The van der Waals surface area contributed by atoms with Gasteiger partial charge in [-0.25, -0.2) is 8.60 Å². The predicted octanol–water partition coefficient (Wildman–Crippen LogP) is 4.79. The number of hydrogen-bond acceptors (Lipinski definition) is 5. The van der Waals surface area contributed by atoms with Crippen molar-refractivity contribution in [2.75, 3.05) is 5.75 Å². The van der Waals surface area contributed by atoms with E-state index in [1.54, 1.807) is 56.8 Å². The van der Waals surface area contributed by atoms with Gasteiger partial charge in [0, 0.05) is 46.6 Å². The fourth-order valence-corrected chi connectivity index (χ4v) is 4.75. The van der Waals surface area contributed by atoms with E-state index in [4.69, 9.17) is 10.00 Å². The summed E-state index contributed by atoms with van der Waals surface area (Å²) in [5, 5.41) is 9.70. The number of hydrogen-bond donors (Lipinski definition) is 1. The van der Waals surface area contributed by atoms with Crippen LogP contribution in [-0.2, 0) is 16.8 Å². The van der Waals surface area contributed by atoms with Crippen LogP contribution in [0.2, 0.25) is 0 Å². The molecule has 2 heterocycles. The van der Waals surface area contributed by atoms with Gasteiger partial charge < -0.3 is 14.3 Å². The molecule has 0 bridgehead atoms. The smallest absolute Gasteiger partial charge is 0.274 e. The van der Waals surface area contributed by atoms with Crippen LogP contribution in [0.3, 0.4) is 0 Å². The van der Waals surface area contributed by atoms with E-state index in [9.17, 15) is 13.4 Å². The quantitative estimate of drug-likeness (QED) is 0.442. The molecule has 2 aromatic carbocycles. The molecule has 1 unspecified atom stereocenters. The van der Waals surface area contributed by atoms with Crippen LogP contribution in [0.4, 0.5) is 4.39 Å². The lowest BCUT2D eigenvalue weighted by molar-refractivity contribution is 0.482. The molecule has 0 aliphatic carbocycles. The summed E-state index contributed by atoms with van der Waals surface area (Å²) in [6.07, 6.45) is 4.99. The number of nitrogens with zero attached hydrogens (tertiary/aromatic N) is 3. The molecule has 1 atom stereocenters. The molecule has 0 saturated carbocycles. The topological polar surface area (TPSA) is 100 Å². The van der Waals surface area contributed by atoms with E-state index < -0.39 is 9.73 Å². The van der Waals surface area contributed by atoms with E-state index >= 15 is 0 Å². The molecule has 9 heteroatoms. The van der Waals surface area contributed by atoms with Crippen molar-refractivity contribution in [1.82, 2.24) is 9.55 Å². The van der Waals surface area contributed by atoms with Crippen LogP contribution >= 0.6 is 0 Å². The third kappa shape index (κ3) is 3.76. The lowest BCUT2D eigenvalue weighted by Gasteiger charge is -2.16. The van der Waals surface area contributed by atoms with Gasteiger partial charge in [0.1, 0.15) is 22.8 Å². The number of nitriles is 1. The maximum Gasteiger partial charge on any atom is 0.274 e. The second kappa shape index (κ2) is 8.32. The van der Waals surface area contributed by atoms with Crippen LogP contribution < -0.4 is 10.3 Å². The van der Waals surface area contributed by atoms with Crippen LogP contribution in [0.1, 0.15) is 6.92 Å². The van der Waals surface area contributed by atoms with Crippen molar-refractivity contribution >= 4 is 20.6 Å². The van der Waals surface area contributed by atoms with E-state index in [2.05, 4.69) is 9.35 Å². The second-order valence-corrected chi connectivity index (χ2v) is 9.57. The normalized spacial score (nSPS) is 12.8. The first-order chi connectivity index (χ1) is 15.4. The molecule has 4 rings (SSSR count). The molecule has 0 spiro atoms. The molecule has 0 aliphatic heterocycles. The zero-order chi connectivity index (χ0) is 22.9. The monoisotopic (exact) mass is 450 g/mol. The van der Waals surface area contributed by atoms with Crippen molar-refractivity contribution in [1.29, 1.82) is 5.26 Å². The Labute approximate surface area is 183 Å². The summed E-state index contributed by atoms with van der Waals surface area (Å²) in [7, 11) is -1.32. The molecule has 1 N–H and O–H groups in total. The maximum atomic E-state index is 13.3. The Kier molecular flexibility index (Phi) is 5.55. The Hall–Kier alpha value is -3.90. The summed E-state index contributed by atoms with van der Waals surface area (Å²) in [4.78, 5) is 15.8. The number of aromatic nitrogens is 2. The largest absolute Gasteiger partial charge is 0.457 e. The minimum Gasteiger partial charge on any atom is -0.457 e. The highest BCUT2D eigenvalue weighted by molar-refractivity contribution is 7.93. The van der Waals surface area contributed by atoms with E-state index in [1.165, 1.54) is 28.8 Å². The number of halogens is 1. The lowest BCUT2D eigenvalue weighted by atomic mass is 10.0. The molecule has 0 fully saturated rings. The van der Waals surface area contributed by atoms with Crippen molar-refractivity contribution in [3.05, 3.63) is 77.1 Å². The maximum absolute atomic E-state index is 13.3. The summed E-state index contributed by atoms with van der Waals surface area (Å²) >= 11 is 0. The van der Waals surface area contributed by atoms with Gasteiger partial charge in [-0.3, -0.25) is 4.79 Å². The van der Waals surface area contributed by atoms with Crippen molar-refractivity contribution in [3.8, 4) is 28.8 Å². The van der Waals surface area contributed by atoms with Gasteiger partial charge >= 0.3 is 0 Å². The third-order valence-corrected chi connectivity index (χ3v) is 7.27. The van der Waals surface area contributed by atoms with Crippen LogP contribution in [-0.4, -0.2) is 19.5 Å². The molecule has 0 saturated heterocycles. The van der Waals surface area contributed by atoms with Crippen LogP contribution in [0.5, 0.6) is 11.5 Å². The zero-order valence-corrected chi connectivity index (χ0v) is 18.1. The Morgan fingerprint density at radius 1 is 1.19 bits per heavy atom. The highest BCUT2D eigenvalue weighted by atomic mass is 32.2. The van der Waals surface area contributed by atoms with E-state index in [1.807, 2.05) is 0 Å². The van der Waals surface area contributed by atoms with E-state index in [-0.39, 0.29) is 17.1 Å². The Balaban J connectivity index is 2.00. The number of aryl methyl sites for hydroxylation is 1. The van der Waals surface area contributed by atoms with Crippen LogP contribution in [0.25, 0.3) is 22.0 Å². The van der Waals surface area contributed by atoms with Gasteiger partial charge in [0.05, 0.1) is 9.73 Å². The Bertz CT molecular complexity index is 1540. The molecular formula is C23H19FN4O3S. The lowest BCUT2D eigenvalue weighted by Crippen LogP contribution is -2.16. The van der Waals surface area contributed by atoms with Gasteiger partial charge in [-0.2, -0.15) is 5.26 Å². The minimum absolute atomic E-state index is 0.158. The van der Waals surface area contributed by atoms with Crippen molar-refractivity contribution in [2.45, 2.75) is 11.8 Å². The van der Waals surface area contributed by atoms with E-state index in [0.717, 1.165) is 0 Å². The van der Waals surface area contributed by atoms with Crippen molar-refractivity contribution in [3.63, 3.8) is 0 Å². The molecule has 0 aliphatic rings. The van der Waals surface area contributed by atoms with Crippen molar-refractivity contribution in [2.24, 2.45) is 11.4 Å². The number of fused-ring (bicyclic) bond motifs is 1. The average Bonchev–Trinajstić information content (AvgIpc) is 3.28. The first-order valence-corrected chi connectivity index (χ1v) is 11.4. The summed E-state index contributed by atoms with van der Waals surface area (Å²) in [5.74, 6) is 0.593. The molecule has 4 aromatic rings. The summed E-state index contributed by atoms with van der Waals surface area (Å²) < 4.78 is 37.7. The standard InChI is InChI=1S/C23H19FN4O3S/c1-3-32(30,27-14-25)17-8-9-21(31-16-6-4-15(24)5-7-16)19(12-17)20-13-28(2)23(29)22-18(20)10-11-26-22/h4-13,26H,3H2,1-2H3. The number of rotatable bonds is 5. The van der Waals surface area contributed by atoms with Crippen LogP contribution in [0.15, 0.2) is 75.0 Å². The second-order valence-electron chi connectivity index (χ2n) is 7.06. The number of benzene rings is 2. The third-order valence-electron chi connectivity index (χ3n) is 5.12. The SMILES string of the molecule is CCS(=O)(=NC#N)c1ccc(Oc2ccc(F)cc2)c(-c2cn(C)c(=O)c3[nH]ccc23)c1. The molecule has 0 amide bonds. The van der Waals surface area contributed by atoms with Crippen LogP contribution in [0, 0.1) is 17.3 Å². The van der Waals surface area contributed by atoms with E-state index in [0.29, 0.717) is 38.4 Å². The predicted molar refractivity (Wildman–Crippen MR) is 120 cm³/mol. The highest BCUT2D eigenvalue weighted by Crippen LogP contribution is 2.38. The number of aromatic amines is 1. The van der Waals surface area contributed by atoms with Crippen molar-refractivity contribution < 1.29 is 13.3 Å².